The fourth-order valence-electron chi connectivity index (χ4n) is 3.44. The molecule has 0 amide bonds. The van der Waals surface area contributed by atoms with E-state index in [9.17, 15) is 0 Å². The van der Waals surface area contributed by atoms with E-state index < -0.39 is 0 Å². The van der Waals surface area contributed by atoms with Crippen LogP contribution in [0.1, 0.15) is 35.8 Å². The lowest BCUT2D eigenvalue weighted by Gasteiger charge is -2.32. The molecule has 1 aliphatic heterocycles. The van der Waals surface area contributed by atoms with Crippen LogP contribution in [0.4, 0.5) is 0 Å². The van der Waals surface area contributed by atoms with Gasteiger partial charge in [-0.2, -0.15) is 0 Å². The van der Waals surface area contributed by atoms with Crippen LogP contribution >= 0.6 is 0 Å². The Morgan fingerprint density at radius 1 is 1.16 bits per heavy atom. The second-order valence-electron chi connectivity index (χ2n) is 6.62. The van der Waals surface area contributed by atoms with Crippen molar-refractivity contribution in [1.29, 1.82) is 0 Å². The van der Waals surface area contributed by atoms with Gasteiger partial charge in [0.2, 0.25) is 0 Å². The van der Waals surface area contributed by atoms with Crippen molar-refractivity contribution >= 4 is 0 Å². The lowest BCUT2D eigenvalue weighted by atomic mass is 9.95. The predicted molar refractivity (Wildman–Crippen MR) is 95.4 cm³/mol. The summed E-state index contributed by atoms with van der Waals surface area (Å²) >= 11 is 0. The van der Waals surface area contributed by atoms with Crippen LogP contribution in [-0.4, -0.2) is 42.5 Å². The highest BCUT2D eigenvalue weighted by atomic mass is 15.1. The van der Waals surface area contributed by atoms with Crippen molar-refractivity contribution in [2.45, 2.75) is 32.2 Å². The molecule has 6 heteroatoms. The highest BCUT2D eigenvalue weighted by molar-refractivity contribution is 5.21. The summed E-state index contributed by atoms with van der Waals surface area (Å²) in [6.07, 6.45) is 11.4. The molecule has 128 valence electrons. The number of hydrogen-bond acceptors (Lipinski definition) is 5. The summed E-state index contributed by atoms with van der Waals surface area (Å²) < 4.78 is 1.90. The minimum absolute atomic E-state index is 0.412. The lowest BCUT2D eigenvalue weighted by Crippen LogP contribution is -2.34. The molecular weight excluding hydrogens is 312 g/mol. The number of hydrogen-bond donors (Lipinski definition) is 0. The maximum Gasteiger partial charge on any atom is 0.156 e. The van der Waals surface area contributed by atoms with Gasteiger partial charge in [-0.25, -0.2) is 9.97 Å². The molecule has 6 nitrogen and oxygen atoms in total. The molecule has 0 spiro atoms. The van der Waals surface area contributed by atoms with Gasteiger partial charge in [0.25, 0.3) is 0 Å². The standard InChI is InChI=1S/C19H22N6/c1-15-4-2-6-17(22-15)13-24-8-3-5-16(12-24)18-10-21-11-19(23-18)25-9-7-20-14-25/h2,4,6-7,9-11,14,16H,3,5,8,12-13H2,1H3/t16-/m0/s1. The third-order valence-electron chi connectivity index (χ3n) is 4.66. The van der Waals surface area contributed by atoms with Gasteiger partial charge < -0.3 is 0 Å². The van der Waals surface area contributed by atoms with Crippen molar-refractivity contribution in [3.8, 4) is 5.82 Å². The summed E-state index contributed by atoms with van der Waals surface area (Å²) in [5.74, 6) is 1.24. The molecular formula is C19H22N6. The molecule has 1 fully saturated rings. The van der Waals surface area contributed by atoms with Crippen LogP contribution in [0.3, 0.4) is 0 Å². The van der Waals surface area contributed by atoms with Crippen molar-refractivity contribution in [2.24, 2.45) is 0 Å². The van der Waals surface area contributed by atoms with Gasteiger partial charge >= 0.3 is 0 Å². The summed E-state index contributed by atoms with van der Waals surface area (Å²) in [5.41, 5.74) is 3.27. The van der Waals surface area contributed by atoms with E-state index in [-0.39, 0.29) is 0 Å². The first-order valence-corrected chi connectivity index (χ1v) is 8.73. The average Bonchev–Trinajstić information content (AvgIpc) is 3.17. The Balaban J connectivity index is 1.49. The topological polar surface area (TPSA) is 59.7 Å². The quantitative estimate of drug-likeness (QED) is 0.734. The van der Waals surface area contributed by atoms with Crippen LogP contribution in [0.5, 0.6) is 0 Å². The first-order chi connectivity index (χ1) is 12.3. The third kappa shape index (κ3) is 3.74. The molecule has 0 radical (unpaired) electrons. The molecule has 3 aromatic heterocycles. The average molecular weight is 334 g/mol. The zero-order valence-electron chi connectivity index (χ0n) is 14.4. The number of pyridine rings is 1. The number of rotatable bonds is 4. The SMILES string of the molecule is Cc1cccc(CN2CCC[C@H](c3cncc(-n4ccnc4)n3)C2)n1. The smallest absolute Gasteiger partial charge is 0.156 e. The molecule has 25 heavy (non-hydrogen) atoms. The number of likely N-dealkylation sites (tertiary alicyclic amines) is 1. The van der Waals surface area contributed by atoms with E-state index >= 15 is 0 Å². The summed E-state index contributed by atoms with van der Waals surface area (Å²) in [4.78, 5) is 20.4. The molecule has 1 saturated heterocycles. The normalized spacial score (nSPS) is 18.4. The van der Waals surface area contributed by atoms with E-state index in [4.69, 9.17) is 4.98 Å². The number of nitrogens with zero attached hydrogens (tertiary/aromatic N) is 6. The van der Waals surface area contributed by atoms with Crippen LogP contribution in [0, 0.1) is 6.92 Å². The van der Waals surface area contributed by atoms with E-state index in [2.05, 4.69) is 32.0 Å². The third-order valence-corrected chi connectivity index (χ3v) is 4.66. The number of aryl methyl sites for hydroxylation is 1. The molecule has 0 aliphatic carbocycles. The molecule has 3 aromatic rings. The van der Waals surface area contributed by atoms with Gasteiger partial charge in [0, 0.05) is 43.3 Å². The van der Waals surface area contributed by atoms with Gasteiger partial charge in [0.05, 0.1) is 17.6 Å². The van der Waals surface area contributed by atoms with Crippen molar-refractivity contribution < 1.29 is 0 Å². The Kier molecular flexibility index (Phi) is 4.52. The number of imidazole rings is 1. The Morgan fingerprint density at radius 2 is 2.12 bits per heavy atom. The molecule has 0 unspecified atom stereocenters. The Morgan fingerprint density at radius 3 is 2.96 bits per heavy atom. The minimum atomic E-state index is 0.412. The van der Waals surface area contributed by atoms with E-state index in [0.29, 0.717) is 5.92 Å². The summed E-state index contributed by atoms with van der Waals surface area (Å²) in [6.45, 7) is 5.05. The summed E-state index contributed by atoms with van der Waals surface area (Å²) in [6, 6.07) is 6.23. The molecule has 0 aromatic carbocycles. The molecule has 1 atom stereocenters. The van der Waals surface area contributed by atoms with Crippen LogP contribution in [0.25, 0.3) is 5.82 Å². The predicted octanol–water partition coefficient (Wildman–Crippen LogP) is 2.75. The highest BCUT2D eigenvalue weighted by Crippen LogP contribution is 2.26. The Labute approximate surface area is 147 Å². The molecule has 1 aliphatic rings. The van der Waals surface area contributed by atoms with E-state index in [1.807, 2.05) is 30.0 Å². The van der Waals surface area contributed by atoms with E-state index in [1.54, 1.807) is 18.7 Å². The molecule has 0 N–H and O–H groups in total. The minimum Gasteiger partial charge on any atom is -0.297 e. The van der Waals surface area contributed by atoms with Gasteiger partial charge in [-0.3, -0.25) is 19.4 Å². The van der Waals surface area contributed by atoms with Crippen molar-refractivity contribution in [3.63, 3.8) is 0 Å². The molecule has 4 heterocycles. The maximum absolute atomic E-state index is 4.81. The van der Waals surface area contributed by atoms with Gasteiger partial charge in [0.1, 0.15) is 6.33 Å². The van der Waals surface area contributed by atoms with Gasteiger partial charge in [-0.1, -0.05) is 6.07 Å². The molecule has 4 rings (SSSR count). The monoisotopic (exact) mass is 334 g/mol. The van der Waals surface area contributed by atoms with Crippen molar-refractivity contribution in [3.05, 3.63) is 66.4 Å². The van der Waals surface area contributed by atoms with Crippen molar-refractivity contribution in [1.82, 2.24) is 29.4 Å². The van der Waals surface area contributed by atoms with Crippen molar-refractivity contribution in [2.75, 3.05) is 13.1 Å². The van der Waals surface area contributed by atoms with Crippen LogP contribution in [0.2, 0.25) is 0 Å². The first-order valence-electron chi connectivity index (χ1n) is 8.73. The van der Waals surface area contributed by atoms with E-state index in [0.717, 1.165) is 49.0 Å². The zero-order chi connectivity index (χ0) is 17.1. The largest absolute Gasteiger partial charge is 0.297 e. The fourth-order valence-corrected chi connectivity index (χ4v) is 3.44. The maximum atomic E-state index is 4.81. The molecule has 0 bridgehead atoms. The van der Waals surface area contributed by atoms with Crippen LogP contribution in [-0.2, 0) is 6.54 Å². The summed E-state index contributed by atoms with van der Waals surface area (Å²) in [5, 5.41) is 0. The summed E-state index contributed by atoms with van der Waals surface area (Å²) in [7, 11) is 0. The van der Waals surface area contributed by atoms with E-state index in [1.165, 1.54) is 6.42 Å². The second kappa shape index (κ2) is 7.11. The Bertz CT molecular complexity index is 829. The number of aromatic nitrogens is 5. The lowest BCUT2D eigenvalue weighted by molar-refractivity contribution is 0.196. The van der Waals surface area contributed by atoms with Crippen LogP contribution in [0.15, 0.2) is 49.3 Å². The Hall–Kier alpha value is -2.60. The zero-order valence-corrected chi connectivity index (χ0v) is 14.4. The first kappa shape index (κ1) is 15.9. The van der Waals surface area contributed by atoms with Gasteiger partial charge in [-0.15, -0.1) is 0 Å². The second-order valence-corrected chi connectivity index (χ2v) is 6.62. The van der Waals surface area contributed by atoms with Crippen LogP contribution < -0.4 is 0 Å². The van der Waals surface area contributed by atoms with Gasteiger partial charge in [-0.05, 0) is 38.4 Å². The van der Waals surface area contributed by atoms with Gasteiger partial charge in [0.15, 0.2) is 5.82 Å². The molecule has 0 saturated carbocycles. The highest BCUT2D eigenvalue weighted by Gasteiger charge is 2.23. The number of piperidine rings is 1. The fraction of sp³-hybridized carbons (Fsp3) is 0.368.